The number of nitrogens with zero attached hydrogens (tertiary/aromatic N) is 1. The summed E-state index contributed by atoms with van der Waals surface area (Å²) in [7, 11) is 0. The van der Waals surface area contributed by atoms with Crippen LogP contribution in [0.1, 0.15) is 50.7 Å². The molecule has 0 aromatic carbocycles. The Morgan fingerprint density at radius 2 is 1.92 bits per heavy atom. The minimum absolute atomic E-state index is 0.102. The number of hydrogen-bond acceptors (Lipinski definition) is 4. The third-order valence-electron chi connectivity index (χ3n) is 3.84. The summed E-state index contributed by atoms with van der Waals surface area (Å²) in [5.74, 6) is 0.739. The molecule has 0 aliphatic rings. The molecule has 3 atom stereocenters. The molecular weight excluding hydrogens is 306 g/mol. The lowest BCUT2D eigenvalue weighted by molar-refractivity contribution is 0.129. The van der Waals surface area contributed by atoms with Crippen molar-refractivity contribution in [1.82, 2.24) is 15.6 Å². The van der Waals surface area contributed by atoms with Crippen molar-refractivity contribution in [2.24, 2.45) is 5.92 Å². The molecule has 2 amide bonds. The highest BCUT2D eigenvalue weighted by molar-refractivity contribution is 5.74. The zero-order valence-corrected chi connectivity index (χ0v) is 14.3. The van der Waals surface area contributed by atoms with Crippen molar-refractivity contribution in [3.63, 3.8) is 0 Å². The largest absolute Gasteiger partial charge is 0.467 e. The van der Waals surface area contributed by atoms with E-state index in [1.165, 1.54) is 6.26 Å². The fourth-order valence-corrected chi connectivity index (χ4v) is 2.60. The Morgan fingerprint density at radius 3 is 2.50 bits per heavy atom. The second-order valence-electron chi connectivity index (χ2n) is 6.29. The number of hydrogen-bond donors (Lipinski definition) is 3. The van der Waals surface area contributed by atoms with E-state index in [-0.39, 0.29) is 24.0 Å². The van der Waals surface area contributed by atoms with Gasteiger partial charge in [0.05, 0.1) is 12.3 Å². The van der Waals surface area contributed by atoms with Gasteiger partial charge in [-0.2, -0.15) is 0 Å². The molecule has 0 fully saturated rings. The third kappa shape index (κ3) is 5.09. The van der Waals surface area contributed by atoms with Gasteiger partial charge in [0.2, 0.25) is 0 Å². The van der Waals surface area contributed by atoms with Crippen LogP contribution in [0.4, 0.5) is 4.79 Å². The first-order valence-corrected chi connectivity index (χ1v) is 8.15. The number of carbonyl (C=O) groups excluding carboxylic acids is 1. The molecule has 0 unspecified atom stereocenters. The number of aromatic nitrogens is 1. The summed E-state index contributed by atoms with van der Waals surface area (Å²) in [5, 5.41) is 15.9. The van der Waals surface area contributed by atoms with Gasteiger partial charge >= 0.3 is 6.03 Å². The Balaban J connectivity index is 1.88. The summed E-state index contributed by atoms with van der Waals surface area (Å²) in [5.41, 5.74) is 1.01. The Kier molecular flexibility index (Phi) is 6.37. The van der Waals surface area contributed by atoms with Crippen molar-refractivity contribution < 1.29 is 14.3 Å². The third-order valence-corrected chi connectivity index (χ3v) is 3.84. The zero-order chi connectivity index (χ0) is 17.5. The van der Waals surface area contributed by atoms with E-state index in [1.807, 2.05) is 19.1 Å². The van der Waals surface area contributed by atoms with Crippen molar-refractivity contribution >= 4 is 6.03 Å². The van der Waals surface area contributed by atoms with E-state index in [2.05, 4.69) is 29.5 Å². The lowest BCUT2D eigenvalue weighted by Crippen LogP contribution is -2.44. The minimum atomic E-state index is -0.739. The fraction of sp³-hybridized carbons (Fsp3) is 0.444. The molecule has 2 rings (SSSR count). The van der Waals surface area contributed by atoms with Gasteiger partial charge in [0.25, 0.3) is 0 Å². The normalized spacial score (nSPS) is 14.9. The molecule has 0 saturated heterocycles. The number of amides is 2. The highest BCUT2D eigenvalue weighted by Gasteiger charge is 2.20. The molecule has 2 heterocycles. The maximum Gasteiger partial charge on any atom is 0.315 e. The van der Waals surface area contributed by atoms with Gasteiger partial charge in [-0.3, -0.25) is 4.98 Å². The molecule has 0 spiro atoms. The molecule has 0 bridgehead atoms. The molecule has 0 aliphatic carbocycles. The highest BCUT2D eigenvalue weighted by Crippen LogP contribution is 2.21. The predicted molar refractivity (Wildman–Crippen MR) is 91.2 cm³/mol. The number of rotatable bonds is 7. The number of pyridine rings is 1. The molecular formula is C18H25N3O3. The van der Waals surface area contributed by atoms with E-state index >= 15 is 0 Å². The smallest absolute Gasteiger partial charge is 0.315 e. The molecule has 24 heavy (non-hydrogen) atoms. The van der Waals surface area contributed by atoms with Gasteiger partial charge in [0, 0.05) is 24.9 Å². The molecule has 3 N–H and O–H groups in total. The SMILES string of the molecule is CC(C)[C@H](NC(=O)N[C@H](C)C[C@@H](O)c1ccco1)c1ccncc1. The Morgan fingerprint density at radius 1 is 1.21 bits per heavy atom. The van der Waals surface area contributed by atoms with Crippen molar-refractivity contribution in [3.05, 3.63) is 54.2 Å². The molecule has 2 aromatic heterocycles. The average Bonchev–Trinajstić information content (AvgIpc) is 3.07. The van der Waals surface area contributed by atoms with E-state index in [0.29, 0.717) is 12.2 Å². The van der Waals surface area contributed by atoms with E-state index < -0.39 is 6.10 Å². The lowest BCUT2D eigenvalue weighted by Gasteiger charge is -2.24. The van der Waals surface area contributed by atoms with Gasteiger partial charge in [0.1, 0.15) is 11.9 Å². The van der Waals surface area contributed by atoms with Crippen LogP contribution in [0.15, 0.2) is 47.3 Å². The molecule has 130 valence electrons. The lowest BCUT2D eigenvalue weighted by atomic mass is 9.97. The first-order chi connectivity index (χ1) is 11.5. The maximum atomic E-state index is 12.3. The van der Waals surface area contributed by atoms with Crippen LogP contribution in [-0.4, -0.2) is 22.2 Å². The highest BCUT2D eigenvalue weighted by atomic mass is 16.4. The van der Waals surface area contributed by atoms with Crippen LogP contribution in [-0.2, 0) is 0 Å². The summed E-state index contributed by atoms with van der Waals surface area (Å²) >= 11 is 0. The molecule has 0 saturated carbocycles. The molecule has 6 nitrogen and oxygen atoms in total. The van der Waals surface area contributed by atoms with E-state index in [4.69, 9.17) is 4.42 Å². The van der Waals surface area contributed by atoms with Gasteiger partial charge in [-0.1, -0.05) is 13.8 Å². The molecule has 2 aromatic rings. The summed E-state index contributed by atoms with van der Waals surface area (Å²) in [6.45, 7) is 5.95. The Hall–Kier alpha value is -2.34. The summed E-state index contributed by atoms with van der Waals surface area (Å²) in [6.07, 6.45) is 4.59. The molecule has 6 heteroatoms. The second kappa shape index (κ2) is 8.49. The van der Waals surface area contributed by atoms with E-state index in [1.54, 1.807) is 24.5 Å². The zero-order valence-electron chi connectivity index (χ0n) is 14.3. The summed E-state index contributed by atoms with van der Waals surface area (Å²) in [4.78, 5) is 16.3. The van der Waals surface area contributed by atoms with Gasteiger partial charge in [-0.25, -0.2) is 4.79 Å². The van der Waals surface area contributed by atoms with E-state index in [9.17, 15) is 9.90 Å². The van der Waals surface area contributed by atoms with Crippen LogP contribution in [0.2, 0.25) is 0 Å². The number of aliphatic hydroxyl groups is 1. The topological polar surface area (TPSA) is 87.4 Å². The number of furan rings is 1. The minimum Gasteiger partial charge on any atom is -0.467 e. The number of urea groups is 1. The van der Waals surface area contributed by atoms with Crippen molar-refractivity contribution in [3.8, 4) is 0 Å². The van der Waals surface area contributed by atoms with Crippen LogP contribution < -0.4 is 10.6 Å². The first kappa shape index (κ1) is 18.0. The van der Waals surface area contributed by atoms with Gasteiger partial charge in [0.15, 0.2) is 0 Å². The molecule has 0 radical (unpaired) electrons. The number of aliphatic hydroxyl groups excluding tert-OH is 1. The van der Waals surface area contributed by atoms with Gasteiger partial charge in [-0.15, -0.1) is 0 Å². The van der Waals surface area contributed by atoms with Crippen molar-refractivity contribution in [1.29, 1.82) is 0 Å². The van der Waals surface area contributed by atoms with E-state index in [0.717, 1.165) is 5.56 Å². The Bertz CT molecular complexity index is 614. The predicted octanol–water partition coefficient (Wildman–Crippen LogP) is 3.18. The van der Waals surface area contributed by atoms with Crippen LogP contribution in [0.25, 0.3) is 0 Å². The van der Waals surface area contributed by atoms with Gasteiger partial charge in [-0.05, 0) is 42.7 Å². The number of nitrogens with one attached hydrogen (secondary N) is 2. The van der Waals surface area contributed by atoms with Crippen LogP contribution in [0.3, 0.4) is 0 Å². The Labute approximate surface area is 142 Å². The van der Waals surface area contributed by atoms with Crippen LogP contribution in [0, 0.1) is 5.92 Å². The first-order valence-electron chi connectivity index (χ1n) is 8.15. The summed E-state index contributed by atoms with van der Waals surface area (Å²) in [6, 6.07) is 6.68. The van der Waals surface area contributed by atoms with Crippen LogP contribution >= 0.6 is 0 Å². The van der Waals surface area contributed by atoms with Crippen LogP contribution in [0.5, 0.6) is 0 Å². The maximum absolute atomic E-state index is 12.3. The summed E-state index contributed by atoms with van der Waals surface area (Å²) < 4.78 is 5.17. The quantitative estimate of drug-likeness (QED) is 0.727. The van der Waals surface area contributed by atoms with Crippen molar-refractivity contribution in [2.75, 3.05) is 0 Å². The standard InChI is InChI=1S/C18H25N3O3/c1-12(2)17(14-6-8-19-9-7-14)21-18(23)20-13(3)11-15(22)16-5-4-10-24-16/h4-10,12-13,15,17,22H,11H2,1-3H3,(H2,20,21,23)/t13-,15-,17+/m1/s1. The monoisotopic (exact) mass is 331 g/mol. The van der Waals surface area contributed by atoms with Gasteiger partial charge < -0.3 is 20.2 Å². The average molecular weight is 331 g/mol. The molecule has 0 aliphatic heterocycles. The second-order valence-corrected chi connectivity index (χ2v) is 6.29. The fourth-order valence-electron chi connectivity index (χ4n) is 2.60. The number of carbonyl (C=O) groups is 1. The van der Waals surface area contributed by atoms with Crippen molar-refractivity contribution in [2.45, 2.75) is 45.4 Å².